The van der Waals surface area contributed by atoms with Crippen LogP contribution in [-0.4, -0.2) is 16.7 Å². The van der Waals surface area contributed by atoms with Gasteiger partial charge in [0, 0.05) is 11.4 Å². The molecule has 0 fully saturated rings. The number of benzene rings is 1. The van der Waals surface area contributed by atoms with Crippen LogP contribution < -0.4 is 5.32 Å². The van der Waals surface area contributed by atoms with Crippen molar-refractivity contribution in [1.82, 2.24) is 10.2 Å². The van der Waals surface area contributed by atoms with Crippen LogP contribution in [-0.2, 0) is 5.75 Å². The van der Waals surface area contributed by atoms with E-state index in [4.69, 9.17) is 0 Å². The van der Waals surface area contributed by atoms with Gasteiger partial charge in [-0.1, -0.05) is 11.3 Å². The Morgan fingerprint density at radius 3 is 2.94 bits per heavy atom. The zero-order valence-corrected chi connectivity index (χ0v) is 11.2. The van der Waals surface area contributed by atoms with E-state index in [-0.39, 0.29) is 4.90 Å². The van der Waals surface area contributed by atoms with Gasteiger partial charge < -0.3 is 5.32 Å². The normalized spacial score (nSPS) is 10.6. The third kappa shape index (κ3) is 3.39. The molecule has 0 radical (unpaired) electrons. The highest BCUT2D eigenvalue weighted by Gasteiger charge is 2.08. The zero-order chi connectivity index (χ0) is 13.0. The lowest BCUT2D eigenvalue weighted by atomic mass is 10.3. The van der Waals surface area contributed by atoms with Gasteiger partial charge in [-0.15, -0.1) is 22.0 Å². The van der Waals surface area contributed by atoms with Crippen LogP contribution in [0.4, 0.5) is 13.9 Å². The molecule has 96 valence electrons. The number of anilines is 1. The molecule has 0 spiro atoms. The van der Waals surface area contributed by atoms with Gasteiger partial charge in [-0.25, -0.2) is 8.78 Å². The van der Waals surface area contributed by atoms with Crippen molar-refractivity contribution in [1.29, 1.82) is 0 Å². The van der Waals surface area contributed by atoms with Gasteiger partial charge >= 0.3 is 0 Å². The molecule has 0 aliphatic carbocycles. The first-order valence-electron chi connectivity index (χ1n) is 5.33. The Labute approximate surface area is 112 Å². The lowest BCUT2D eigenvalue weighted by Gasteiger charge is -2.00. The molecule has 18 heavy (non-hydrogen) atoms. The molecular weight excluding hydrogens is 276 g/mol. The van der Waals surface area contributed by atoms with Crippen LogP contribution in [0.3, 0.4) is 0 Å². The minimum atomic E-state index is -0.440. The minimum absolute atomic E-state index is 0.287. The van der Waals surface area contributed by atoms with Crippen molar-refractivity contribution in [2.45, 2.75) is 17.6 Å². The lowest BCUT2D eigenvalue weighted by Crippen LogP contribution is -1.94. The third-order valence-corrected chi connectivity index (χ3v) is 4.14. The summed E-state index contributed by atoms with van der Waals surface area (Å²) >= 11 is 2.63. The van der Waals surface area contributed by atoms with E-state index in [1.165, 1.54) is 29.2 Å². The molecule has 1 N–H and O–H groups in total. The van der Waals surface area contributed by atoms with E-state index in [1.807, 2.05) is 6.92 Å². The van der Waals surface area contributed by atoms with Gasteiger partial charge in [0.1, 0.15) is 16.6 Å². The average Bonchev–Trinajstić information content (AvgIpc) is 2.79. The average molecular weight is 287 g/mol. The summed E-state index contributed by atoms with van der Waals surface area (Å²) < 4.78 is 26.3. The van der Waals surface area contributed by atoms with Crippen molar-refractivity contribution >= 4 is 28.2 Å². The van der Waals surface area contributed by atoms with Crippen LogP contribution in [0.25, 0.3) is 0 Å². The maximum Gasteiger partial charge on any atom is 0.205 e. The zero-order valence-electron chi connectivity index (χ0n) is 9.61. The summed E-state index contributed by atoms with van der Waals surface area (Å²) in [5.41, 5.74) is 0. The van der Waals surface area contributed by atoms with Crippen molar-refractivity contribution in [3.8, 4) is 0 Å². The summed E-state index contributed by atoms with van der Waals surface area (Å²) in [6.07, 6.45) is 0. The molecule has 2 aromatic rings. The second-order valence-corrected chi connectivity index (χ2v) is 5.47. The number of nitrogens with one attached hydrogen (secondary N) is 1. The van der Waals surface area contributed by atoms with Crippen LogP contribution in [0, 0.1) is 11.6 Å². The van der Waals surface area contributed by atoms with Crippen molar-refractivity contribution in [3.63, 3.8) is 0 Å². The highest BCUT2D eigenvalue weighted by Crippen LogP contribution is 2.28. The number of nitrogens with zero attached hydrogens (tertiary/aromatic N) is 2. The Kier molecular flexibility index (Phi) is 4.48. The van der Waals surface area contributed by atoms with E-state index < -0.39 is 11.6 Å². The molecule has 0 bridgehead atoms. The first-order valence-corrected chi connectivity index (χ1v) is 7.13. The van der Waals surface area contributed by atoms with Crippen LogP contribution in [0.15, 0.2) is 23.1 Å². The van der Waals surface area contributed by atoms with Crippen molar-refractivity contribution in [2.75, 3.05) is 11.9 Å². The van der Waals surface area contributed by atoms with E-state index in [0.717, 1.165) is 28.8 Å². The Balaban J connectivity index is 1.99. The monoisotopic (exact) mass is 287 g/mol. The van der Waals surface area contributed by atoms with E-state index in [1.54, 1.807) is 0 Å². The Morgan fingerprint density at radius 2 is 2.17 bits per heavy atom. The van der Waals surface area contributed by atoms with E-state index in [2.05, 4.69) is 15.5 Å². The summed E-state index contributed by atoms with van der Waals surface area (Å²) in [7, 11) is 0. The molecule has 1 aromatic carbocycles. The lowest BCUT2D eigenvalue weighted by molar-refractivity contribution is 0.577. The van der Waals surface area contributed by atoms with Crippen LogP contribution in [0.2, 0.25) is 0 Å². The Bertz CT molecular complexity index is 531. The largest absolute Gasteiger partial charge is 0.360 e. The molecule has 2 rings (SSSR count). The highest BCUT2D eigenvalue weighted by molar-refractivity contribution is 7.98. The van der Waals surface area contributed by atoms with Gasteiger partial charge in [-0.05, 0) is 25.1 Å². The minimum Gasteiger partial charge on any atom is -0.360 e. The molecule has 1 heterocycles. The quantitative estimate of drug-likeness (QED) is 0.854. The molecule has 0 amide bonds. The van der Waals surface area contributed by atoms with Gasteiger partial charge in [-0.3, -0.25) is 0 Å². The summed E-state index contributed by atoms with van der Waals surface area (Å²) in [4.78, 5) is 0.287. The molecule has 0 atom stereocenters. The van der Waals surface area contributed by atoms with Gasteiger partial charge in [0.25, 0.3) is 0 Å². The van der Waals surface area contributed by atoms with Gasteiger partial charge in [0.05, 0.1) is 5.75 Å². The first kappa shape index (κ1) is 13.2. The molecule has 0 saturated carbocycles. The Hall–Kier alpha value is -1.21. The fourth-order valence-corrected chi connectivity index (χ4v) is 3.02. The topological polar surface area (TPSA) is 37.8 Å². The molecular formula is C11H11F2N3S2. The summed E-state index contributed by atoms with van der Waals surface area (Å²) in [5.74, 6) is -0.383. The number of rotatable bonds is 5. The summed E-state index contributed by atoms with van der Waals surface area (Å²) in [6.45, 7) is 2.75. The van der Waals surface area contributed by atoms with Gasteiger partial charge in [0.15, 0.2) is 0 Å². The summed E-state index contributed by atoms with van der Waals surface area (Å²) in [5, 5.41) is 12.5. The smallest absolute Gasteiger partial charge is 0.205 e. The molecule has 3 nitrogen and oxygen atoms in total. The predicted molar refractivity (Wildman–Crippen MR) is 70.0 cm³/mol. The number of hydrogen-bond acceptors (Lipinski definition) is 5. The van der Waals surface area contributed by atoms with Crippen LogP contribution in [0.5, 0.6) is 0 Å². The van der Waals surface area contributed by atoms with E-state index >= 15 is 0 Å². The van der Waals surface area contributed by atoms with Gasteiger partial charge in [0.2, 0.25) is 5.13 Å². The molecule has 0 saturated heterocycles. The second kappa shape index (κ2) is 6.10. The SMILES string of the molecule is CCNc1nnc(CSc2cc(F)ccc2F)s1. The molecule has 0 aliphatic heterocycles. The van der Waals surface area contributed by atoms with E-state index in [0.29, 0.717) is 5.75 Å². The molecule has 7 heteroatoms. The number of hydrogen-bond donors (Lipinski definition) is 1. The Morgan fingerprint density at radius 1 is 1.33 bits per heavy atom. The van der Waals surface area contributed by atoms with E-state index in [9.17, 15) is 8.78 Å². The fraction of sp³-hybridized carbons (Fsp3) is 0.273. The predicted octanol–water partition coefficient (Wildman–Crippen LogP) is 3.54. The van der Waals surface area contributed by atoms with Crippen molar-refractivity contribution in [3.05, 3.63) is 34.8 Å². The molecule has 1 aromatic heterocycles. The fourth-order valence-electron chi connectivity index (χ4n) is 1.26. The number of halogens is 2. The maximum absolute atomic E-state index is 13.4. The molecule has 0 unspecified atom stereocenters. The van der Waals surface area contributed by atoms with Crippen molar-refractivity contribution < 1.29 is 8.78 Å². The number of thioether (sulfide) groups is 1. The van der Waals surface area contributed by atoms with Crippen molar-refractivity contribution in [2.24, 2.45) is 0 Å². The first-order chi connectivity index (χ1) is 8.69. The second-order valence-electron chi connectivity index (χ2n) is 3.39. The van der Waals surface area contributed by atoms with Crippen LogP contribution >= 0.6 is 23.1 Å². The third-order valence-electron chi connectivity index (χ3n) is 2.04. The summed E-state index contributed by atoms with van der Waals surface area (Å²) in [6, 6.07) is 3.42. The maximum atomic E-state index is 13.4. The molecule has 0 aliphatic rings. The standard InChI is InChI=1S/C11H11F2N3S2/c1-2-14-11-16-15-10(18-11)6-17-9-5-7(12)3-4-8(9)13/h3-5H,2,6H2,1H3,(H,14,16). The number of aromatic nitrogens is 2. The van der Waals surface area contributed by atoms with Gasteiger partial charge in [-0.2, -0.15) is 0 Å². The highest BCUT2D eigenvalue weighted by atomic mass is 32.2. The van der Waals surface area contributed by atoms with Crippen LogP contribution in [0.1, 0.15) is 11.9 Å².